The van der Waals surface area contributed by atoms with Crippen molar-refractivity contribution in [1.29, 1.82) is 0 Å². The van der Waals surface area contributed by atoms with E-state index in [2.05, 4.69) is 15.3 Å². The first-order chi connectivity index (χ1) is 9.15. The first kappa shape index (κ1) is 12.2. The van der Waals surface area contributed by atoms with Crippen LogP contribution in [0.5, 0.6) is 0 Å². The minimum atomic E-state index is -0.252. The van der Waals surface area contributed by atoms with Crippen molar-refractivity contribution >= 4 is 0 Å². The lowest BCUT2D eigenvalue weighted by molar-refractivity contribution is 0.618. The maximum Gasteiger partial charge on any atom is 0.160 e. The van der Waals surface area contributed by atoms with Gasteiger partial charge in [-0.15, -0.1) is 0 Å². The summed E-state index contributed by atoms with van der Waals surface area (Å²) in [6, 6.07) is 4.74. The van der Waals surface area contributed by atoms with E-state index < -0.39 is 0 Å². The molecule has 1 aromatic carbocycles. The number of hydrogen-bond donors (Lipinski definition) is 1. The molecular formula is C15H16FN3. The third-order valence-corrected chi connectivity index (χ3v) is 3.58. The lowest BCUT2D eigenvalue weighted by atomic mass is 10.0. The average molecular weight is 257 g/mol. The number of aromatic nitrogens is 2. The van der Waals surface area contributed by atoms with Crippen molar-refractivity contribution in [2.45, 2.75) is 26.8 Å². The fourth-order valence-corrected chi connectivity index (χ4v) is 2.50. The molecule has 2 aromatic rings. The Labute approximate surface area is 111 Å². The Morgan fingerprint density at radius 1 is 1.21 bits per heavy atom. The Kier molecular flexibility index (Phi) is 3.03. The molecule has 98 valence electrons. The highest BCUT2D eigenvalue weighted by atomic mass is 19.1. The summed E-state index contributed by atoms with van der Waals surface area (Å²) >= 11 is 0. The van der Waals surface area contributed by atoms with Gasteiger partial charge in [0.15, 0.2) is 5.82 Å². The summed E-state index contributed by atoms with van der Waals surface area (Å²) in [5, 5.41) is 3.31. The smallest absolute Gasteiger partial charge is 0.160 e. The molecule has 1 aliphatic heterocycles. The monoisotopic (exact) mass is 257 g/mol. The van der Waals surface area contributed by atoms with Crippen LogP contribution in [0, 0.1) is 19.7 Å². The zero-order chi connectivity index (χ0) is 13.4. The van der Waals surface area contributed by atoms with Crippen molar-refractivity contribution in [3.8, 4) is 11.4 Å². The summed E-state index contributed by atoms with van der Waals surface area (Å²) in [5.74, 6) is 0.370. The van der Waals surface area contributed by atoms with Crippen molar-refractivity contribution < 1.29 is 4.39 Å². The minimum Gasteiger partial charge on any atom is -0.311 e. The van der Waals surface area contributed by atoms with Crippen molar-refractivity contribution in [2.75, 3.05) is 6.54 Å². The van der Waals surface area contributed by atoms with Crippen LogP contribution in [-0.2, 0) is 13.0 Å². The summed E-state index contributed by atoms with van der Waals surface area (Å²) in [5.41, 5.74) is 5.04. The molecule has 0 bridgehead atoms. The SMILES string of the molecule is Cc1ccc(F)cc1-c1nc(C)c2c(n1)CNCC2. The van der Waals surface area contributed by atoms with Gasteiger partial charge in [0.2, 0.25) is 0 Å². The molecule has 19 heavy (non-hydrogen) atoms. The molecule has 0 atom stereocenters. The standard InChI is InChI=1S/C15H16FN3/c1-9-3-4-11(16)7-13(9)15-18-10(2)12-5-6-17-8-14(12)19-15/h3-4,7,17H,5-6,8H2,1-2H3. The predicted octanol–water partition coefficient (Wildman–Crippen LogP) is 2.55. The van der Waals surface area contributed by atoms with Gasteiger partial charge in [0.1, 0.15) is 5.82 Å². The molecule has 0 aliphatic carbocycles. The van der Waals surface area contributed by atoms with E-state index >= 15 is 0 Å². The molecule has 3 nitrogen and oxygen atoms in total. The van der Waals surface area contributed by atoms with Crippen LogP contribution in [0.15, 0.2) is 18.2 Å². The number of rotatable bonds is 1. The molecule has 0 saturated carbocycles. The lowest BCUT2D eigenvalue weighted by Gasteiger charge is -2.19. The number of hydrogen-bond acceptors (Lipinski definition) is 3. The van der Waals surface area contributed by atoms with Crippen LogP contribution < -0.4 is 5.32 Å². The molecule has 0 saturated heterocycles. The molecule has 1 N–H and O–H groups in total. The van der Waals surface area contributed by atoms with Gasteiger partial charge in [-0.3, -0.25) is 0 Å². The van der Waals surface area contributed by atoms with Crippen LogP contribution in [0.2, 0.25) is 0 Å². The van der Waals surface area contributed by atoms with E-state index in [0.717, 1.165) is 42.0 Å². The summed E-state index contributed by atoms with van der Waals surface area (Å²) in [6.45, 7) is 5.69. The number of halogens is 1. The Morgan fingerprint density at radius 2 is 2.05 bits per heavy atom. The zero-order valence-electron chi connectivity index (χ0n) is 11.1. The Hall–Kier alpha value is -1.81. The van der Waals surface area contributed by atoms with Crippen molar-refractivity contribution in [2.24, 2.45) is 0 Å². The number of nitrogens with zero attached hydrogens (tertiary/aromatic N) is 2. The molecule has 0 fully saturated rings. The first-order valence-electron chi connectivity index (χ1n) is 6.49. The van der Waals surface area contributed by atoms with Gasteiger partial charge in [0.25, 0.3) is 0 Å². The topological polar surface area (TPSA) is 37.8 Å². The molecule has 1 aromatic heterocycles. The summed E-state index contributed by atoms with van der Waals surface area (Å²) in [4.78, 5) is 9.16. The third kappa shape index (κ3) is 2.24. The molecular weight excluding hydrogens is 241 g/mol. The van der Waals surface area contributed by atoms with Gasteiger partial charge in [-0.25, -0.2) is 14.4 Å². The van der Waals surface area contributed by atoms with Gasteiger partial charge in [-0.2, -0.15) is 0 Å². The fourth-order valence-electron chi connectivity index (χ4n) is 2.50. The lowest BCUT2D eigenvalue weighted by Crippen LogP contribution is -2.26. The second-order valence-electron chi connectivity index (χ2n) is 4.94. The van der Waals surface area contributed by atoms with E-state index in [4.69, 9.17) is 0 Å². The van der Waals surface area contributed by atoms with E-state index in [0.29, 0.717) is 5.82 Å². The van der Waals surface area contributed by atoms with E-state index in [-0.39, 0.29) is 5.82 Å². The third-order valence-electron chi connectivity index (χ3n) is 3.58. The first-order valence-corrected chi connectivity index (χ1v) is 6.49. The summed E-state index contributed by atoms with van der Waals surface area (Å²) < 4.78 is 13.4. The predicted molar refractivity (Wildman–Crippen MR) is 72.3 cm³/mol. The molecule has 2 heterocycles. The van der Waals surface area contributed by atoms with Crippen molar-refractivity contribution in [3.63, 3.8) is 0 Å². The quantitative estimate of drug-likeness (QED) is 0.853. The average Bonchev–Trinajstić information content (AvgIpc) is 2.41. The molecule has 0 amide bonds. The maximum absolute atomic E-state index is 13.4. The van der Waals surface area contributed by atoms with E-state index in [1.165, 1.54) is 17.7 Å². The number of fused-ring (bicyclic) bond motifs is 1. The molecule has 0 spiro atoms. The number of nitrogens with one attached hydrogen (secondary N) is 1. The highest BCUT2D eigenvalue weighted by molar-refractivity contribution is 5.60. The summed E-state index contributed by atoms with van der Waals surface area (Å²) in [6.07, 6.45) is 0.962. The van der Waals surface area contributed by atoms with Crippen molar-refractivity contribution in [3.05, 3.63) is 46.5 Å². The number of benzene rings is 1. The van der Waals surface area contributed by atoms with Gasteiger partial charge < -0.3 is 5.32 Å². The normalized spacial score (nSPS) is 14.3. The highest BCUT2D eigenvalue weighted by Gasteiger charge is 2.16. The van der Waals surface area contributed by atoms with Gasteiger partial charge >= 0.3 is 0 Å². The van der Waals surface area contributed by atoms with Crippen LogP contribution in [0.3, 0.4) is 0 Å². The Balaban J connectivity index is 2.15. The molecule has 0 radical (unpaired) electrons. The van der Waals surface area contributed by atoms with Gasteiger partial charge in [0.05, 0.1) is 5.69 Å². The largest absolute Gasteiger partial charge is 0.311 e. The molecule has 1 aliphatic rings. The van der Waals surface area contributed by atoms with Crippen LogP contribution in [0.1, 0.15) is 22.5 Å². The van der Waals surface area contributed by atoms with Gasteiger partial charge in [-0.05, 0) is 50.1 Å². The zero-order valence-corrected chi connectivity index (χ0v) is 11.1. The second kappa shape index (κ2) is 4.70. The Bertz CT molecular complexity index is 638. The second-order valence-corrected chi connectivity index (χ2v) is 4.94. The van der Waals surface area contributed by atoms with Gasteiger partial charge in [-0.1, -0.05) is 6.07 Å². The molecule has 3 rings (SSSR count). The minimum absolute atomic E-state index is 0.252. The molecule has 4 heteroatoms. The number of aryl methyl sites for hydroxylation is 2. The van der Waals surface area contributed by atoms with E-state index in [1.54, 1.807) is 6.07 Å². The van der Waals surface area contributed by atoms with Crippen LogP contribution in [0.4, 0.5) is 4.39 Å². The van der Waals surface area contributed by atoms with Crippen molar-refractivity contribution in [1.82, 2.24) is 15.3 Å². The summed E-state index contributed by atoms with van der Waals surface area (Å²) in [7, 11) is 0. The van der Waals surface area contributed by atoms with E-state index in [1.807, 2.05) is 13.8 Å². The van der Waals surface area contributed by atoms with Gasteiger partial charge in [0, 0.05) is 17.8 Å². The van der Waals surface area contributed by atoms with Crippen LogP contribution in [0.25, 0.3) is 11.4 Å². The highest BCUT2D eigenvalue weighted by Crippen LogP contribution is 2.24. The van der Waals surface area contributed by atoms with E-state index in [9.17, 15) is 4.39 Å². The van der Waals surface area contributed by atoms with Crippen LogP contribution in [-0.4, -0.2) is 16.5 Å². The maximum atomic E-state index is 13.4. The van der Waals surface area contributed by atoms with Crippen LogP contribution >= 0.6 is 0 Å². The molecule has 0 unspecified atom stereocenters. The Morgan fingerprint density at radius 3 is 2.89 bits per heavy atom. The fraction of sp³-hybridized carbons (Fsp3) is 0.333.